The molecular formula is C20H30N4O. The predicted molar refractivity (Wildman–Crippen MR) is 103 cm³/mol. The number of rotatable bonds is 8. The standard InChI is InChI=1S/C20H30N4O/c1-6-24(14-18-12-21-23(5)13-18)9-7-8-19(25)22-20-16(3)10-15(2)11-17(20)4/h10-13H,6-9,14H2,1-5H3,(H,22,25). The maximum absolute atomic E-state index is 12.3. The zero-order valence-electron chi connectivity index (χ0n) is 16.1. The first-order chi connectivity index (χ1) is 11.9. The van der Waals surface area contributed by atoms with Gasteiger partial charge in [-0.2, -0.15) is 5.10 Å². The molecule has 1 aromatic heterocycles. The molecule has 1 N–H and O–H groups in total. The number of carbonyl (C=O) groups excluding carboxylic acids is 1. The van der Waals surface area contributed by atoms with E-state index in [1.807, 2.05) is 38.0 Å². The summed E-state index contributed by atoms with van der Waals surface area (Å²) in [7, 11) is 1.93. The van der Waals surface area contributed by atoms with Gasteiger partial charge >= 0.3 is 0 Å². The lowest BCUT2D eigenvalue weighted by Gasteiger charge is -2.19. The fraction of sp³-hybridized carbons (Fsp3) is 0.500. The highest BCUT2D eigenvalue weighted by Gasteiger charge is 2.10. The molecule has 136 valence electrons. The zero-order chi connectivity index (χ0) is 18.4. The van der Waals surface area contributed by atoms with E-state index in [2.05, 4.69) is 41.3 Å². The molecule has 1 aromatic carbocycles. The number of aryl methyl sites for hydroxylation is 4. The predicted octanol–water partition coefficient (Wildman–Crippen LogP) is 3.59. The van der Waals surface area contributed by atoms with E-state index in [0.29, 0.717) is 6.42 Å². The number of benzene rings is 1. The summed E-state index contributed by atoms with van der Waals surface area (Å²) in [5, 5.41) is 7.29. The number of nitrogens with zero attached hydrogens (tertiary/aromatic N) is 3. The summed E-state index contributed by atoms with van der Waals surface area (Å²) in [5.41, 5.74) is 5.63. The number of carbonyl (C=O) groups is 1. The van der Waals surface area contributed by atoms with Crippen molar-refractivity contribution in [1.82, 2.24) is 14.7 Å². The molecule has 0 atom stereocenters. The summed E-state index contributed by atoms with van der Waals surface area (Å²) in [6.07, 6.45) is 5.33. The Labute approximate surface area is 151 Å². The molecule has 0 unspecified atom stereocenters. The topological polar surface area (TPSA) is 50.2 Å². The summed E-state index contributed by atoms with van der Waals surface area (Å²) in [4.78, 5) is 14.6. The summed E-state index contributed by atoms with van der Waals surface area (Å²) in [5.74, 6) is 0.0903. The van der Waals surface area contributed by atoms with E-state index < -0.39 is 0 Å². The minimum absolute atomic E-state index is 0.0903. The quantitative estimate of drug-likeness (QED) is 0.798. The van der Waals surface area contributed by atoms with Crippen molar-refractivity contribution >= 4 is 11.6 Å². The van der Waals surface area contributed by atoms with E-state index in [4.69, 9.17) is 0 Å². The summed E-state index contributed by atoms with van der Waals surface area (Å²) < 4.78 is 1.82. The Kier molecular flexibility index (Phi) is 6.76. The molecule has 1 amide bonds. The first-order valence-corrected chi connectivity index (χ1v) is 8.96. The van der Waals surface area contributed by atoms with Crippen LogP contribution in [-0.4, -0.2) is 33.7 Å². The lowest BCUT2D eigenvalue weighted by molar-refractivity contribution is -0.116. The zero-order valence-corrected chi connectivity index (χ0v) is 16.1. The molecule has 5 nitrogen and oxygen atoms in total. The Morgan fingerprint density at radius 3 is 2.48 bits per heavy atom. The molecule has 25 heavy (non-hydrogen) atoms. The maximum Gasteiger partial charge on any atom is 0.224 e. The molecule has 0 spiro atoms. The van der Waals surface area contributed by atoms with E-state index in [9.17, 15) is 4.79 Å². The largest absolute Gasteiger partial charge is 0.326 e. The lowest BCUT2D eigenvalue weighted by atomic mass is 10.0. The van der Waals surface area contributed by atoms with Gasteiger partial charge in [0, 0.05) is 37.5 Å². The number of hydrogen-bond acceptors (Lipinski definition) is 3. The van der Waals surface area contributed by atoms with Gasteiger partial charge in [-0.1, -0.05) is 24.6 Å². The van der Waals surface area contributed by atoms with Gasteiger partial charge < -0.3 is 5.32 Å². The Bertz CT molecular complexity index is 697. The summed E-state index contributed by atoms with van der Waals surface area (Å²) in [6.45, 7) is 11.1. The molecule has 2 aromatic rings. The third kappa shape index (κ3) is 5.71. The van der Waals surface area contributed by atoms with Crippen molar-refractivity contribution in [2.45, 2.75) is 47.1 Å². The van der Waals surface area contributed by atoms with E-state index in [1.54, 1.807) is 0 Å². The van der Waals surface area contributed by atoms with Crippen molar-refractivity contribution in [3.63, 3.8) is 0 Å². The Balaban J connectivity index is 1.81. The monoisotopic (exact) mass is 342 g/mol. The first kappa shape index (κ1) is 19.2. The average molecular weight is 342 g/mol. The summed E-state index contributed by atoms with van der Waals surface area (Å²) >= 11 is 0. The highest BCUT2D eigenvalue weighted by Crippen LogP contribution is 2.22. The fourth-order valence-corrected chi connectivity index (χ4v) is 3.20. The SMILES string of the molecule is CCN(CCCC(=O)Nc1c(C)cc(C)cc1C)Cc1cnn(C)c1. The molecule has 0 radical (unpaired) electrons. The van der Waals surface area contributed by atoms with Crippen LogP contribution in [-0.2, 0) is 18.4 Å². The van der Waals surface area contributed by atoms with Crippen LogP contribution < -0.4 is 5.32 Å². The smallest absolute Gasteiger partial charge is 0.224 e. The Morgan fingerprint density at radius 1 is 1.24 bits per heavy atom. The van der Waals surface area contributed by atoms with Gasteiger partial charge in [0.2, 0.25) is 5.91 Å². The number of hydrogen-bond donors (Lipinski definition) is 1. The van der Waals surface area contributed by atoms with Crippen LogP contribution in [0.25, 0.3) is 0 Å². The second-order valence-corrected chi connectivity index (χ2v) is 6.82. The van der Waals surface area contributed by atoms with Crippen molar-refractivity contribution in [1.29, 1.82) is 0 Å². The van der Waals surface area contributed by atoms with Crippen LogP contribution in [0, 0.1) is 20.8 Å². The maximum atomic E-state index is 12.3. The van der Waals surface area contributed by atoms with Crippen molar-refractivity contribution in [3.05, 3.63) is 46.8 Å². The third-order valence-electron chi connectivity index (χ3n) is 4.43. The Morgan fingerprint density at radius 2 is 1.92 bits per heavy atom. The van der Waals surface area contributed by atoms with E-state index in [0.717, 1.165) is 42.9 Å². The highest BCUT2D eigenvalue weighted by molar-refractivity contribution is 5.92. The molecule has 5 heteroatoms. The number of amides is 1. The van der Waals surface area contributed by atoms with Gasteiger partial charge in [-0.25, -0.2) is 0 Å². The van der Waals surface area contributed by atoms with Gasteiger partial charge in [-0.05, 0) is 51.4 Å². The van der Waals surface area contributed by atoms with Crippen LogP contribution in [0.5, 0.6) is 0 Å². The van der Waals surface area contributed by atoms with Crippen LogP contribution in [0.4, 0.5) is 5.69 Å². The van der Waals surface area contributed by atoms with E-state index in [-0.39, 0.29) is 5.91 Å². The normalized spacial score (nSPS) is 11.1. The van der Waals surface area contributed by atoms with Crippen molar-refractivity contribution < 1.29 is 4.79 Å². The van der Waals surface area contributed by atoms with Crippen molar-refractivity contribution in [3.8, 4) is 0 Å². The second kappa shape index (κ2) is 8.81. The van der Waals surface area contributed by atoms with Crippen molar-refractivity contribution in [2.75, 3.05) is 18.4 Å². The van der Waals surface area contributed by atoms with E-state index in [1.165, 1.54) is 11.1 Å². The molecule has 0 aliphatic carbocycles. The Hall–Kier alpha value is -2.14. The van der Waals surface area contributed by atoms with E-state index >= 15 is 0 Å². The average Bonchev–Trinajstić information content (AvgIpc) is 2.95. The fourth-order valence-electron chi connectivity index (χ4n) is 3.20. The van der Waals surface area contributed by atoms with Crippen molar-refractivity contribution in [2.24, 2.45) is 7.05 Å². The minimum Gasteiger partial charge on any atom is -0.326 e. The second-order valence-electron chi connectivity index (χ2n) is 6.82. The molecule has 0 bridgehead atoms. The van der Waals surface area contributed by atoms with Crippen LogP contribution >= 0.6 is 0 Å². The van der Waals surface area contributed by atoms with Gasteiger partial charge in [0.25, 0.3) is 0 Å². The molecule has 0 fully saturated rings. The molecule has 0 aliphatic heterocycles. The number of anilines is 1. The van der Waals surface area contributed by atoms with Gasteiger partial charge in [0.05, 0.1) is 6.20 Å². The van der Waals surface area contributed by atoms with Crippen LogP contribution in [0.15, 0.2) is 24.5 Å². The molecule has 1 heterocycles. The third-order valence-corrected chi connectivity index (χ3v) is 4.43. The van der Waals surface area contributed by atoms with Crippen LogP contribution in [0.2, 0.25) is 0 Å². The molecular weight excluding hydrogens is 312 g/mol. The number of aromatic nitrogens is 2. The van der Waals surface area contributed by atoms with Crippen LogP contribution in [0.3, 0.4) is 0 Å². The van der Waals surface area contributed by atoms with Gasteiger partial charge in [-0.3, -0.25) is 14.4 Å². The molecule has 0 saturated heterocycles. The molecule has 0 saturated carbocycles. The number of nitrogens with one attached hydrogen (secondary N) is 1. The highest BCUT2D eigenvalue weighted by atomic mass is 16.1. The summed E-state index contributed by atoms with van der Waals surface area (Å²) in [6, 6.07) is 4.21. The minimum atomic E-state index is 0.0903. The van der Waals surface area contributed by atoms with Gasteiger partial charge in [0.1, 0.15) is 0 Å². The van der Waals surface area contributed by atoms with Gasteiger partial charge in [0.15, 0.2) is 0 Å². The van der Waals surface area contributed by atoms with Gasteiger partial charge in [-0.15, -0.1) is 0 Å². The molecule has 2 rings (SSSR count). The first-order valence-electron chi connectivity index (χ1n) is 8.96. The lowest BCUT2D eigenvalue weighted by Crippen LogP contribution is -2.25. The van der Waals surface area contributed by atoms with Crippen LogP contribution in [0.1, 0.15) is 42.0 Å². The molecule has 0 aliphatic rings.